The van der Waals surface area contributed by atoms with Gasteiger partial charge < -0.3 is 14.5 Å². The van der Waals surface area contributed by atoms with E-state index in [9.17, 15) is 18.0 Å². The first-order valence-electron chi connectivity index (χ1n) is 11.2. The molecule has 33 heavy (non-hydrogen) atoms. The second-order valence-corrected chi connectivity index (χ2v) is 10.6. The van der Waals surface area contributed by atoms with Gasteiger partial charge in [-0.05, 0) is 43.0 Å². The van der Waals surface area contributed by atoms with Crippen molar-refractivity contribution in [2.24, 2.45) is 5.92 Å². The number of carbonyl (C=O) groups is 2. The summed E-state index contributed by atoms with van der Waals surface area (Å²) in [6.45, 7) is 2.05. The summed E-state index contributed by atoms with van der Waals surface area (Å²) in [5, 5.41) is 0. The fourth-order valence-electron chi connectivity index (χ4n) is 4.00. The van der Waals surface area contributed by atoms with Crippen LogP contribution in [0, 0.1) is 5.92 Å². The summed E-state index contributed by atoms with van der Waals surface area (Å²) in [7, 11) is -1.51. The molecule has 0 bridgehead atoms. The van der Waals surface area contributed by atoms with Gasteiger partial charge in [-0.15, -0.1) is 0 Å². The quantitative estimate of drug-likeness (QED) is 0.524. The molecule has 178 valence electrons. The largest absolute Gasteiger partial charge is 0.493 e. The maximum Gasteiger partial charge on any atom is 0.227 e. The van der Waals surface area contributed by atoms with Gasteiger partial charge in [0, 0.05) is 32.9 Å². The minimum Gasteiger partial charge on any atom is -0.493 e. The molecule has 0 aliphatic carbocycles. The summed E-state index contributed by atoms with van der Waals surface area (Å²) in [6.07, 6.45) is 3.75. The molecule has 7 nitrogen and oxygen atoms in total. The van der Waals surface area contributed by atoms with E-state index in [1.54, 1.807) is 24.1 Å². The zero-order chi connectivity index (χ0) is 23.8. The molecule has 1 atom stereocenters. The zero-order valence-corrected chi connectivity index (χ0v) is 20.1. The molecule has 3 rings (SSSR count). The lowest BCUT2D eigenvalue weighted by atomic mass is 9.96. The summed E-state index contributed by atoms with van der Waals surface area (Å²) in [6, 6.07) is 16.1. The molecule has 2 aromatic carbocycles. The molecule has 1 heterocycles. The smallest absolute Gasteiger partial charge is 0.227 e. The molecule has 0 saturated carbocycles. The summed E-state index contributed by atoms with van der Waals surface area (Å²) >= 11 is 0. The van der Waals surface area contributed by atoms with Crippen molar-refractivity contribution < 1.29 is 22.7 Å². The molecule has 1 fully saturated rings. The van der Waals surface area contributed by atoms with Gasteiger partial charge in [-0.2, -0.15) is 0 Å². The highest BCUT2D eigenvalue weighted by Crippen LogP contribution is 2.20. The van der Waals surface area contributed by atoms with Gasteiger partial charge in [-0.3, -0.25) is 9.59 Å². The van der Waals surface area contributed by atoms with Crippen LogP contribution in [0.2, 0.25) is 0 Å². The van der Waals surface area contributed by atoms with Crippen LogP contribution in [-0.2, 0) is 25.8 Å². The van der Waals surface area contributed by atoms with Crippen molar-refractivity contribution in [3.05, 3.63) is 60.2 Å². The Morgan fingerprint density at radius 1 is 1.12 bits per heavy atom. The number of piperidine rings is 1. The number of hydrogen-bond donors (Lipinski definition) is 0. The number of likely N-dealkylation sites (tertiary alicyclic amines) is 1. The average Bonchev–Trinajstić information content (AvgIpc) is 2.81. The second kappa shape index (κ2) is 11.3. The lowest BCUT2D eigenvalue weighted by Crippen LogP contribution is -2.46. The van der Waals surface area contributed by atoms with Gasteiger partial charge in [-0.25, -0.2) is 8.42 Å². The lowest BCUT2D eigenvalue weighted by molar-refractivity contribution is -0.139. The maximum atomic E-state index is 12.9. The van der Waals surface area contributed by atoms with E-state index < -0.39 is 9.84 Å². The van der Waals surface area contributed by atoms with E-state index in [4.69, 9.17) is 4.74 Å². The van der Waals surface area contributed by atoms with E-state index in [0.29, 0.717) is 44.8 Å². The minimum absolute atomic E-state index is 0.0475. The Kier molecular flexibility index (Phi) is 8.49. The molecule has 8 heteroatoms. The molecule has 0 aromatic heterocycles. The Labute approximate surface area is 196 Å². The van der Waals surface area contributed by atoms with Gasteiger partial charge in [-0.1, -0.05) is 36.4 Å². The van der Waals surface area contributed by atoms with Crippen LogP contribution in [0.4, 0.5) is 0 Å². The maximum absolute atomic E-state index is 12.9. The average molecular weight is 473 g/mol. The molecule has 0 radical (unpaired) electrons. The van der Waals surface area contributed by atoms with E-state index in [1.807, 2.05) is 35.2 Å². The number of hydrogen-bond acceptors (Lipinski definition) is 5. The van der Waals surface area contributed by atoms with Crippen molar-refractivity contribution in [3.8, 4) is 5.75 Å². The molecule has 1 aliphatic rings. The van der Waals surface area contributed by atoms with Crippen LogP contribution in [0.1, 0.15) is 24.8 Å². The summed E-state index contributed by atoms with van der Waals surface area (Å²) in [4.78, 5) is 29.3. The number of carbonyl (C=O) groups excluding carboxylic acids is 2. The predicted molar refractivity (Wildman–Crippen MR) is 127 cm³/mol. The van der Waals surface area contributed by atoms with Crippen LogP contribution in [0.25, 0.3) is 0 Å². The summed E-state index contributed by atoms with van der Waals surface area (Å²) in [5.74, 6) is 0.417. The van der Waals surface area contributed by atoms with Crippen molar-refractivity contribution in [1.29, 1.82) is 0 Å². The Hall–Kier alpha value is -2.87. The van der Waals surface area contributed by atoms with E-state index in [2.05, 4.69) is 0 Å². The standard InChI is InChI=1S/C25H32N2O5S/c1-26(14-8-16-32-22-12-6-13-23(18-22)33(2,30)31)25(29)21-11-7-15-27(19-21)24(28)17-20-9-4-3-5-10-20/h3-6,9-10,12-13,18,21H,7-8,11,14-17,19H2,1-2H3. The van der Waals surface area contributed by atoms with Gasteiger partial charge in [0.25, 0.3) is 0 Å². The van der Waals surface area contributed by atoms with Crippen LogP contribution in [0.5, 0.6) is 5.75 Å². The van der Waals surface area contributed by atoms with Crippen molar-refractivity contribution in [3.63, 3.8) is 0 Å². The number of benzene rings is 2. The minimum atomic E-state index is -3.28. The van der Waals surface area contributed by atoms with Crippen LogP contribution in [0.15, 0.2) is 59.5 Å². The number of rotatable bonds is 9. The Bertz CT molecular complexity index is 1060. The fraction of sp³-hybridized carbons (Fsp3) is 0.440. The molecular weight excluding hydrogens is 440 g/mol. The molecule has 0 spiro atoms. The van der Waals surface area contributed by atoms with Gasteiger partial charge in [0.15, 0.2) is 9.84 Å². The van der Waals surface area contributed by atoms with Crippen LogP contribution in [-0.4, -0.2) is 69.6 Å². The van der Waals surface area contributed by atoms with Crippen LogP contribution < -0.4 is 4.74 Å². The first kappa shape index (κ1) is 24.8. The topological polar surface area (TPSA) is 84.0 Å². The molecule has 1 aliphatic heterocycles. The second-order valence-electron chi connectivity index (χ2n) is 8.55. The third-order valence-electron chi connectivity index (χ3n) is 5.84. The lowest BCUT2D eigenvalue weighted by Gasteiger charge is -2.34. The molecule has 1 saturated heterocycles. The third kappa shape index (κ3) is 7.32. The van der Waals surface area contributed by atoms with E-state index in [1.165, 1.54) is 12.1 Å². The van der Waals surface area contributed by atoms with Crippen molar-refractivity contribution in [2.75, 3.05) is 39.5 Å². The molecule has 1 unspecified atom stereocenters. The van der Waals surface area contributed by atoms with Crippen LogP contribution >= 0.6 is 0 Å². The van der Waals surface area contributed by atoms with Crippen molar-refractivity contribution in [2.45, 2.75) is 30.6 Å². The highest BCUT2D eigenvalue weighted by molar-refractivity contribution is 7.90. The Morgan fingerprint density at radius 2 is 1.88 bits per heavy atom. The van der Waals surface area contributed by atoms with Crippen molar-refractivity contribution >= 4 is 21.7 Å². The first-order chi connectivity index (χ1) is 15.7. The predicted octanol–water partition coefficient (Wildman–Crippen LogP) is 2.80. The number of ether oxygens (including phenoxy) is 1. The Balaban J connectivity index is 1.44. The first-order valence-corrected chi connectivity index (χ1v) is 13.1. The highest BCUT2D eigenvalue weighted by Gasteiger charge is 2.30. The summed E-state index contributed by atoms with van der Waals surface area (Å²) < 4.78 is 29.0. The van der Waals surface area contributed by atoms with Gasteiger partial charge in [0.1, 0.15) is 5.75 Å². The van der Waals surface area contributed by atoms with Gasteiger partial charge in [0.05, 0.1) is 23.8 Å². The fourth-order valence-corrected chi connectivity index (χ4v) is 4.65. The molecule has 2 aromatic rings. The SMILES string of the molecule is CN(CCCOc1cccc(S(C)(=O)=O)c1)C(=O)C1CCCN(C(=O)Cc2ccccc2)C1. The number of sulfone groups is 1. The number of amides is 2. The summed E-state index contributed by atoms with van der Waals surface area (Å²) in [5.41, 5.74) is 0.982. The molecule has 0 N–H and O–H groups in total. The Morgan fingerprint density at radius 3 is 2.61 bits per heavy atom. The monoisotopic (exact) mass is 472 g/mol. The van der Waals surface area contributed by atoms with E-state index in [-0.39, 0.29) is 22.6 Å². The van der Waals surface area contributed by atoms with E-state index in [0.717, 1.165) is 24.7 Å². The molecular formula is C25H32N2O5S. The van der Waals surface area contributed by atoms with E-state index >= 15 is 0 Å². The van der Waals surface area contributed by atoms with Crippen LogP contribution in [0.3, 0.4) is 0 Å². The molecule has 2 amide bonds. The highest BCUT2D eigenvalue weighted by atomic mass is 32.2. The van der Waals surface area contributed by atoms with Gasteiger partial charge >= 0.3 is 0 Å². The third-order valence-corrected chi connectivity index (χ3v) is 6.95. The van der Waals surface area contributed by atoms with Gasteiger partial charge in [0.2, 0.25) is 11.8 Å². The van der Waals surface area contributed by atoms with Crippen molar-refractivity contribution in [1.82, 2.24) is 9.80 Å². The number of nitrogens with zero attached hydrogens (tertiary/aromatic N) is 2. The normalized spacial score (nSPS) is 16.3. The zero-order valence-electron chi connectivity index (χ0n) is 19.3.